The van der Waals surface area contributed by atoms with Gasteiger partial charge in [0.15, 0.2) is 16.3 Å². The number of benzene rings is 2. The van der Waals surface area contributed by atoms with Crippen LogP contribution < -0.4 is 14.3 Å². The van der Waals surface area contributed by atoms with Crippen LogP contribution in [0.2, 0.25) is 0 Å². The molecule has 164 valence electrons. The predicted octanol–water partition coefficient (Wildman–Crippen LogP) is 3.04. The summed E-state index contributed by atoms with van der Waals surface area (Å²) in [5.41, 5.74) is 1.24. The Morgan fingerprint density at radius 1 is 1.25 bits per heavy atom. The maximum atomic E-state index is 12.5. The fourth-order valence-electron chi connectivity index (χ4n) is 3.04. The van der Waals surface area contributed by atoms with Crippen molar-refractivity contribution in [1.29, 1.82) is 0 Å². The molecule has 1 aliphatic heterocycles. The van der Waals surface area contributed by atoms with Gasteiger partial charge in [-0.1, -0.05) is 11.3 Å². The van der Waals surface area contributed by atoms with E-state index < -0.39 is 16.8 Å². The number of hydrogen-bond donors (Lipinski definition) is 0. The molecule has 32 heavy (non-hydrogen) atoms. The molecule has 0 atom stereocenters. The van der Waals surface area contributed by atoms with E-state index in [-0.39, 0.29) is 25.6 Å². The number of rotatable bonds is 6. The number of esters is 1. The number of nitrogens with zero attached hydrogens (tertiary/aromatic N) is 3. The highest BCUT2D eigenvalue weighted by molar-refractivity contribution is 7.16. The Hall–Kier alpha value is -3.99. The third-order valence-corrected chi connectivity index (χ3v) is 5.54. The Balaban J connectivity index is 1.67. The zero-order chi connectivity index (χ0) is 22.7. The average molecular weight is 455 g/mol. The molecule has 0 spiro atoms. The Morgan fingerprint density at radius 3 is 2.66 bits per heavy atom. The van der Waals surface area contributed by atoms with E-state index >= 15 is 0 Å². The number of nitro benzene ring substituents is 1. The number of non-ortho nitro benzene ring substituents is 1. The molecular weight excluding hydrogens is 438 g/mol. The third kappa shape index (κ3) is 4.52. The zero-order valence-corrected chi connectivity index (χ0v) is 17.7. The molecule has 0 unspecified atom stereocenters. The summed E-state index contributed by atoms with van der Waals surface area (Å²) in [7, 11) is 0. The van der Waals surface area contributed by atoms with Crippen molar-refractivity contribution < 1.29 is 28.7 Å². The predicted molar refractivity (Wildman–Crippen MR) is 115 cm³/mol. The Kier molecular flexibility index (Phi) is 5.99. The summed E-state index contributed by atoms with van der Waals surface area (Å²) >= 11 is 1.23. The van der Waals surface area contributed by atoms with Crippen molar-refractivity contribution in [3.63, 3.8) is 0 Å². The summed E-state index contributed by atoms with van der Waals surface area (Å²) in [6.07, 6.45) is 2.77. The van der Waals surface area contributed by atoms with Crippen LogP contribution in [0.1, 0.15) is 12.5 Å². The molecule has 0 bridgehead atoms. The van der Waals surface area contributed by atoms with Crippen LogP contribution >= 0.6 is 11.3 Å². The lowest BCUT2D eigenvalue weighted by Gasteiger charge is -2.05. The van der Waals surface area contributed by atoms with Gasteiger partial charge in [-0.25, -0.2) is 0 Å². The topological polar surface area (TPSA) is 122 Å². The fourth-order valence-corrected chi connectivity index (χ4v) is 4.08. The highest BCUT2D eigenvalue weighted by Gasteiger charge is 2.19. The lowest BCUT2D eigenvalue weighted by Crippen LogP contribution is -2.22. The quantitative estimate of drug-likeness (QED) is 0.242. The number of thiazole rings is 1. The number of amides is 1. The van der Waals surface area contributed by atoms with Crippen LogP contribution in [0.3, 0.4) is 0 Å². The lowest BCUT2D eigenvalue weighted by molar-refractivity contribution is -0.384. The van der Waals surface area contributed by atoms with E-state index in [0.717, 1.165) is 4.70 Å². The zero-order valence-electron chi connectivity index (χ0n) is 16.8. The van der Waals surface area contributed by atoms with Crippen LogP contribution in [-0.4, -0.2) is 34.8 Å². The monoisotopic (exact) mass is 455 g/mol. The molecule has 10 nitrogen and oxygen atoms in total. The molecule has 0 radical (unpaired) electrons. The number of fused-ring (bicyclic) bond motifs is 2. The molecule has 0 saturated carbocycles. The highest BCUT2D eigenvalue weighted by atomic mass is 32.1. The summed E-state index contributed by atoms with van der Waals surface area (Å²) in [6.45, 7) is 1.95. The van der Waals surface area contributed by atoms with Crippen molar-refractivity contribution in [1.82, 2.24) is 4.57 Å². The van der Waals surface area contributed by atoms with Gasteiger partial charge < -0.3 is 18.8 Å². The molecule has 1 aromatic heterocycles. The van der Waals surface area contributed by atoms with Crippen molar-refractivity contribution >= 4 is 45.2 Å². The highest BCUT2D eigenvalue weighted by Crippen LogP contribution is 2.37. The number of nitro groups is 1. The third-order valence-electron chi connectivity index (χ3n) is 4.50. The molecule has 0 saturated heterocycles. The van der Waals surface area contributed by atoms with Crippen molar-refractivity contribution in [2.24, 2.45) is 4.99 Å². The van der Waals surface area contributed by atoms with Crippen LogP contribution in [0.15, 0.2) is 47.5 Å². The van der Waals surface area contributed by atoms with Crippen molar-refractivity contribution in [2.45, 2.75) is 13.5 Å². The molecule has 11 heteroatoms. The summed E-state index contributed by atoms with van der Waals surface area (Å²) in [6, 6.07) is 9.28. The minimum Gasteiger partial charge on any atom is -0.465 e. The number of carbonyl (C=O) groups excluding carboxylic acids is 2. The van der Waals surface area contributed by atoms with Gasteiger partial charge >= 0.3 is 5.97 Å². The first-order valence-corrected chi connectivity index (χ1v) is 10.4. The van der Waals surface area contributed by atoms with Gasteiger partial charge in [-0.15, -0.1) is 0 Å². The lowest BCUT2D eigenvalue weighted by atomic mass is 10.2. The van der Waals surface area contributed by atoms with E-state index in [4.69, 9.17) is 14.2 Å². The van der Waals surface area contributed by atoms with Gasteiger partial charge in [-0.3, -0.25) is 19.7 Å². The summed E-state index contributed by atoms with van der Waals surface area (Å²) in [4.78, 5) is 39.3. The van der Waals surface area contributed by atoms with Crippen LogP contribution in [-0.2, 0) is 20.9 Å². The van der Waals surface area contributed by atoms with Gasteiger partial charge in [-0.2, -0.15) is 4.99 Å². The number of hydrogen-bond acceptors (Lipinski definition) is 8. The maximum Gasteiger partial charge on any atom is 0.326 e. The van der Waals surface area contributed by atoms with Gasteiger partial charge in [-0.05, 0) is 30.7 Å². The Labute approximate surface area is 185 Å². The molecule has 0 aliphatic carbocycles. The first-order valence-electron chi connectivity index (χ1n) is 9.54. The van der Waals surface area contributed by atoms with E-state index in [0.29, 0.717) is 27.4 Å². The van der Waals surface area contributed by atoms with Crippen molar-refractivity contribution in [2.75, 3.05) is 13.4 Å². The van der Waals surface area contributed by atoms with E-state index in [9.17, 15) is 19.7 Å². The second kappa shape index (κ2) is 9.02. The molecule has 0 N–H and O–H groups in total. The average Bonchev–Trinajstić information content (AvgIpc) is 3.35. The van der Waals surface area contributed by atoms with Crippen LogP contribution in [0.5, 0.6) is 11.5 Å². The second-order valence-corrected chi connectivity index (χ2v) is 7.59. The first kappa shape index (κ1) is 21.2. The molecule has 3 aromatic rings. The van der Waals surface area contributed by atoms with E-state index in [1.165, 1.54) is 47.8 Å². The van der Waals surface area contributed by atoms with Gasteiger partial charge in [0.2, 0.25) is 6.79 Å². The smallest absolute Gasteiger partial charge is 0.326 e. The Morgan fingerprint density at radius 2 is 1.97 bits per heavy atom. The SMILES string of the molecule is CCOC(=O)Cn1c(=NC(=O)/C=C\c2ccc([N+](=O)[O-])cc2)sc2cc3c(cc21)OCO3. The van der Waals surface area contributed by atoms with E-state index in [1.807, 2.05) is 0 Å². The van der Waals surface area contributed by atoms with Crippen molar-refractivity contribution in [3.05, 3.63) is 63.0 Å². The maximum absolute atomic E-state index is 12.5. The van der Waals surface area contributed by atoms with Crippen LogP contribution in [0.4, 0.5) is 5.69 Å². The standard InChI is InChI=1S/C21H17N3O7S/c1-2-29-20(26)11-23-15-9-16-17(31-12-30-16)10-18(15)32-21(23)22-19(25)8-5-13-3-6-14(7-4-13)24(27)28/h3-10H,2,11-12H2,1H3/b8-5-,22-21?. The molecule has 4 rings (SSSR count). The summed E-state index contributed by atoms with van der Waals surface area (Å²) < 4.78 is 18.2. The minimum atomic E-state index is -0.549. The molecule has 1 aliphatic rings. The summed E-state index contributed by atoms with van der Waals surface area (Å²) in [5.74, 6) is 0.120. The first-order chi connectivity index (χ1) is 15.4. The minimum absolute atomic E-state index is 0.0386. The molecule has 2 heterocycles. The molecule has 0 fully saturated rings. The fraction of sp³-hybridized carbons (Fsp3) is 0.190. The van der Waals surface area contributed by atoms with Crippen LogP contribution in [0, 0.1) is 10.1 Å². The normalized spacial score (nSPS) is 13.1. The molecule has 1 amide bonds. The number of ether oxygens (including phenoxy) is 3. The van der Waals surface area contributed by atoms with Gasteiger partial charge in [0.1, 0.15) is 6.54 Å². The number of carbonyl (C=O) groups is 2. The Bertz CT molecular complexity index is 1310. The van der Waals surface area contributed by atoms with Gasteiger partial charge in [0, 0.05) is 30.3 Å². The van der Waals surface area contributed by atoms with Gasteiger partial charge in [0.25, 0.3) is 11.6 Å². The van der Waals surface area contributed by atoms with Crippen molar-refractivity contribution in [3.8, 4) is 11.5 Å². The second-order valence-electron chi connectivity index (χ2n) is 6.58. The van der Waals surface area contributed by atoms with Gasteiger partial charge in [0.05, 0.1) is 21.7 Å². The largest absolute Gasteiger partial charge is 0.465 e. The number of aromatic nitrogens is 1. The van der Waals surface area contributed by atoms with Crippen LogP contribution in [0.25, 0.3) is 16.3 Å². The van der Waals surface area contributed by atoms with E-state index in [2.05, 4.69) is 4.99 Å². The van der Waals surface area contributed by atoms with E-state index in [1.54, 1.807) is 23.6 Å². The molecule has 2 aromatic carbocycles. The summed E-state index contributed by atoms with van der Waals surface area (Å²) in [5, 5.41) is 10.7. The molecular formula is C21H17N3O7S.